The van der Waals surface area contributed by atoms with Crippen LogP contribution in [0.2, 0.25) is 0 Å². The SMILES string of the molecule is CCN(CC)CCN(C(=O)NCCCS(=O)(=O)c1ccccc1)C(C)C. The van der Waals surface area contributed by atoms with Crippen LogP contribution in [0.4, 0.5) is 4.79 Å². The van der Waals surface area contributed by atoms with Crippen molar-refractivity contribution in [3.63, 3.8) is 0 Å². The van der Waals surface area contributed by atoms with Gasteiger partial charge in [-0.1, -0.05) is 32.0 Å². The largest absolute Gasteiger partial charge is 0.338 e. The molecule has 0 saturated carbocycles. The highest BCUT2D eigenvalue weighted by atomic mass is 32.2. The van der Waals surface area contributed by atoms with Crippen molar-refractivity contribution < 1.29 is 13.2 Å². The lowest BCUT2D eigenvalue weighted by atomic mass is 10.3. The predicted molar refractivity (Wildman–Crippen MR) is 106 cm³/mol. The first-order valence-corrected chi connectivity index (χ1v) is 11.0. The third-order valence-electron chi connectivity index (χ3n) is 4.40. The Morgan fingerprint density at radius 1 is 1.08 bits per heavy atom. The van der Waals surface area contributed by atoms with Crippen molar-refractivity contribution >= 4 is 15.9 Å². The Morgan fingerprint density at radius 3 is 2.23 bits per heavy atom. The summed E-state index contributed by atoms with van der Waals surface area (Å²) in [5, 5.41) is 2.85. The van der Waals surface area contributed by atoms with Crippen molar-refractivity contribution in [3.8, 4) is 0 Å². The normalized spacial score (nSPS) is 11.8. The molecule has 1 N–H and O–H groups in total. The molecule has 0 aliphatic heterocycles. The molecule has 1 aromatic carbocycles. The number of likely N-dealkylation sites (N-methyl/N-ethyl adjacent to an activating group) is 1. The van der Waals surface area contributed by atoms with E-state index in [1.165, 1.54) is 0 Å². The van der Waals surface area contributed by atoms with Crippen LogP contribution >= 0.6 is 0 Å². The molecular formula is C19H33N3O3S. The highest BCUT2D eigenvalue weighted by molar-refractivity contribution is 7.91. The van der Waals surface area contributed by atoms with Gasteiger partial charge >= 0.3 is 6.03 Å². The molecule has 26 heavy (non-hydrogen) atoms. The maximum absolute atomic E-state index is 12.4. The summed E-state index contributed by atoms with van der Waals surface area (Å²) in [5.41, 5.74) is 0. The number of carbonyl (C=O) groups excluding carboxylic acids is 1. The molecule has 0 radical (unpaired) electrons. The second kappa shape index (κ2) is 11.2. The number of benzene rings is 1. The molecule has 1 rings (SSSR count). The first-order valence-electron chi connectivity index (χ1n) is 9.36. The van der Waals surface area contributed by atoms with E-state index in [2.05, 4.69) is 24.1 Å². The molecule has 7 heteroatoms. The number of urea groups is 1. The van der Waals surface area contributed by atoms with Gasteiger partial charge in [-0.2, -0.15) is 0 Å². The lowest BCUT2D eigenvalue weighted by Gasteiger charge is -2.29. The van der Waals surface area contributed by atoms with E-state index in [0.717, 1.165) is 19.6 Å². The molecule has 0 bridgehead atoms. The molecule has 0 unspecified atom stereocenters. The number of nitrogens with zero attached hydrogens (tertiary/aromatic N) is 2. The van der Waals surface area contributed by atoms with Crippen LogP contribution in [0.15, 0.2) is 35.2 Å². The topological polar surface area (TPSA) is 69.7 Å². The molecule has 0 atom stereocenters. The molecule has 0 aliphatic carbocycles. The maximum Gasteiger partial charge on any atom is 0.317 e. The Labute approximate surface area is 158 Å². The van der Waals surface area contributed by atoms with E-state index in [1.807, 2.05) is 13.8 Å². The highest BCUT2D eigenvalue weighted by Gasteiger charge is 2.18. The number of carbonyl (C=O) groups is 1. The Balaban J connectivity index is 2.45. The summed E-state index contributed by atoms with van der Waals surface area (Å²) in [6, 6.07) is 8.38. The lowest BCUT2D eigenvalue weighted by Crippen LogP contribution is -2.47. The predicted octanol–water partition coefficient (Wildman–Crippen LogP) is 2.61. The summed E-state index contributed by atoms with van der Waals surface area (Å²) in [4.78, 5) is 16.8. The fourth-order valence-corrected chi connectivity index (χ4v) is 4.02. The molecular weight excluding hydrogens is 350 g/mol. The van der Waals surface area contributed by atoms with E-state index < -0.39 is 9.84 Å². The molecule has 0 spiro atoms. The van der Waals surface area contributed by atoms with Crippen LogP contribution in [0, 0.1) is 0 Å². The molecule has 0 fully saturated rings. The Hall–Kier alpha value is -1.60. The molecule has 0 heterocycles. The smallest absolute Gasteiger partial charge is 0.317 e. The van der Waals surface area contributed by atoms with Crippen LogP contribution in [0.5, 0.6) is 0 Å². The van der Waals surface area contributed by atoms with E-state index in [1.54, 1.807) is 35.2 Å². The zero-order valence-electron chi connectivity index (χ0n) is 16.4. The summed E-state index contributed by atoms with van der Waals surface area (Å²) >= 11 is 0. The fourth-order valence-electron chi connectivity index (χ4n) is 2.69. The number of rotatable bonds is 11. The van der Waals surface area contributed by atoms with E-state index >= 15 is 0 Å². The van der Waals surface area contributed by atoms with E-state index in [-0.39, 0.29) is 17.8 Å². The van der Waals surface area contributed by atoms with Gasteiger partial charge in [0, 0.05) is 25.7 Å². The Kier molecular flexibility index (Phi) is 9.65. The van der Waals surface area contributed by atoms with Crippen LogP contribution in [-0.4, -0.2) is 68.8 Å². The molecule has 0 saturated heterocycles. The summed E-state index contributed by atoms with van der Waals surface area (Å²) in [6.45, 7) is 12.0. The summed E-state index contributed by atoms with van der Waals surface area (Å²) in [5.74, 6) is 0.0262. The maximum atomic E-state index is 12.4. The van der Waals surface area contributed by atoms with Gasteiger partial charge in [0.1, 0.15) is 0 Å². The number of hydrogen-bond donors (Lipinski definition) is 1. The van der Waals surface area contributed by atoms with Crippen LogP contribution < -0.4 is 5.32 Å². The molecule has 0 aromatic heterocycles. The summed E-state index contributed by atoms with van der Waals surface area (Å²) < 4.78 is 24.5. The minimum absolute atomic E-state index is 0.0262. The summed E-state index contributed by atoms with van der Waals surface area (Å²) in [6.07, 6.45) is 0.394. The van der Waals surface area contributed by atoms with E-state index in [0.29, 0.717) is 24.4 Å². The highest BCUT2D eigenvalue weighted by Crippen LogP contribution is 2.10. The van der Waals surface area contributed by atoms with Crippen molar-refractivity contribution in [2.75, 3.05) is 38.5 Å². The van der Waals surface area contributed by atoms with Gasteiger partial charge < -0.3 is 15.1 Å². The number of nitrogens with one attached hydrogen (secondary N) is 1. The third kappa shape index (κ3) is 7.33. The van der Waals surface area contributed by atoms with Gasteiger partial charge in [-0.05, 0) is 45.5 Å². The average molecular weight is 384 g/mol. The second-order valence-corrected chi connectivity index (χ2v) is 8.64. The third-order valence-corrected chi connectivity index (χ3v) is 6.22. The van der Waals surface area contributed by atoms with Gasteiger partial charge in [0.2, 0.25) is 0 Å². The molecule has 2 amide bonds. The number of amides is 2. The quantitative estimate of drug-likeness (QED) is 0.596. The van der Waals surface area contributed by atoms with Crippen molar-refractivity contribution in [2.24, 2.45) is 0 Å². The number of sulfone groups is 1. The zero-order chi connectivity index (χ0) is 19.6. The average Bonchev–Trinajstić information content (AvgIpc) is 2.62. The lowest BCUT2D eigenvalue weighted by molar-refractivity contribution is 0.169. The molecule has 6 nitrogen and oxygen atoms in total. The Bertz CT molecular complexity index is 629. The first kappa shape index (κ1) is 22.4. The van der Waals surface area contributed by atoms with Gasteiger partial charge in [-0.3, -0.25) is 0 Å². The van der Waals surface area contributed by atoms with Crippen molar-refractivity contribution in [1.82, 2.24) is 15.1 Å². The van der Waals surface area contributed by atoms with Gasteiger partial charge in [0.05, 0.1) is 10.6 Å². The number of hydrogen-bond acceptors (Lipinski definition) is 4. The summed E-state index contributed by atoms with van der Waals surface area (Å²) in [7, 11) is -3.29. The van der Waals surface area contributed by atoms with Gasteiger partial charge in [-0.25, -0.2) is 13.2 Å². The van der Waals surface area contributed by atoms with Crippen LogP contribution in [0.1, 0.15) is 34.1 Å². The van der Waals surface area contributed by atoms with E-state index in [9.17, 15) is 13.2 Å². The standard InChI is InChI=1S/C19H33N3O3S/c1-5-21(6-2)14-15-22(17(3)4)19(23)20-13-10-16-26(24,25)18-11-8-7-9-12-18/h7-9,11-12,17H,5-6,10,13-16H2,1-4H3,(H,20,23). The van der Waals surface area contributed by atoms with Crippen LogP contribution in [-0.2, 0) is 9.84 Å². The Morgan fingerprint density at radius 2 is 1.69 bits per heavy atom. The minimum Gasteiger partial charge on any atom is -0.338 e. The van der Waals surface area contributed by atoms with Crippen molar-refractivity contribution in [1.29, 1.82) is 0 Å². The van der Waals surface area contributed by atoms with Gasteiger partial charge in [0.25, 0.3) is 0 Å². The second-order valence-electron chi connectivity index (χ2n) is 6.53. The van der Waals surface area contributed by atoms with Gasteiger partial charge in [0.15, 0.2) is 9.84 Å². The van der Waals surface area contributed by atoms with Crippen molar-refractivity contribution in [3.05, 3.63) is 30.3 Å². The minimum atomic E-state index is -3.29. The first-order chi connectivity index (χ1) is 12.3. The fraction of sp³-hybridized carbons (Fsp3) is 0.632. The molecule has 1 aromatic rings. The van der Waals surface area contributed by atoms with Crippen LogP contribution in [0.25, 0.3) is 0 Å². The van der Waals surface area contributed by atoms with Crippen molar-refractivity contribution in [2.45, 2.75) is 45.1 Å². The molecule has 0 aliphatic rings. The monoisotopic (exact) mass is 383 g/mol. The molecule has 148 valence electrons. The van der Waals surface area contributed by atoms with Gasteiger partial charge in [-0.15, -0.1) is 0 Å². The zero-order valence-corrected chi connectivity index (χ0v) is 17.3. The van der Waals surface area contributed by atoms with Crippen LogP contribution in [0.3, 0.4) is 0 Å². The van der Waals surface area contributed by atoms with E-state index in [4.69, 9.17) is 0 Å².